The maximum Gasteiger partial charge on any atom is 0.328 e. The zero-order chi connectivity index (χ0) is 14.7. The standard InChI is InChI=1S/C14H14N2O3S/c1-8(6-12(17)18)13(19)16-14-10(7-15)9-4-2-3-5-11(9)20-14/h6H,2-5H2,1H3,(H,16,19)(H,17,18)/b8-6-. The fraction of sp³-hybridized carbons (Fsp3) is 0.357. The van der Waals surface area contributed by atoms with Gasteiger partial charge in [-0.15, -0.1) is 11.3 Å². The Kier molecular flexibility index (Phi) is 4.20. The Hall–Kier alpha value is -2.13. The van der Waals surface area contributed by atoms with E-state index in [-0.39, 0.29) is 5.57 Å². The summed E-state index contributed by atoms with van der Waals surface area (Å²) in [4.78, 5) is 23.6. The third kappa shape index (κ3) is 2.89. The molecule has 1 aromatic heterocycles. The van der Waals surface area contributed by atoms with Crippen LogP contribution in [-0.4, -0.2) is 17.0 Å². The van der Waals surface area contributed by atoms with Gasteiger partial charge in [-0.2, -0.15) is 5.26 Å². The van der Waals surface area contributed by atoms with E-state index in [1.165, 1.54) is 18.3 Å². The van der Waals surface area contributed by atoms with Crippen molar-refractivity contribution in [2.75, 3.05) is 5.32 Å². The van der Waals surface area contributed by atoms with Crippen LogP contribution in [0, 0.1) is 11.3 Å². The van der Waals surface area contributed by atoms with Gasteiger partial charge in [0.2, 0.25) is 0 Å². The third-order valence-corrected chi connectivity index (χ3v) is 4.42. The monoisotopic (exact) mass is 290 g/mol. The summed E-state index contributed by atoms with van der Waals surface area (Å²) in [6.45, 7) is 1.43. The number of carbonyl (C=O) groups is 2. The molecule has 1 aromatic rings. The van der Waals surface area contributed by atoms with Gasteiger partial charge in [0.1, 0.15) is 11.1 Å². The van der Waals surface area contributed by atoms with E-state index >= 15 is 0 Å². The number of rotatable bonds is 3. The van der Waals surface area contributed by atoms with Crippen LogP contribution < -0.4 is 5.32 Å². The van der Waals surface area contributed by atoms with Crippen molar-refractivity contribution in [3.05, 3.63) is 27.7 Å². The highest BCUT2D eigenvalue weighted by Gasteiger charge is 2.22. The molecule has 2 rings (SSSR count). The molecule has 2 N–H and O–H groups in total. The molecular formula is C14H14N2O3S. The molecule has 0 bridgehead atoms. The minimum atomic E-state index is -1.16. The Labute approximate surface area is 120 Å². The fourth-order valence-electron chi connectivity index (χ4n) is 2.22. The topological polar surface area (TPSA) is 90.2 Å². The number of amides is 1. The number of hydrogen-bond acceptors (Lipinski definition) is 4. The molecule has 6 heteroatoms. The van der Waals surface area contributed by atoms with Crippen LogP contribution in [0.5, 0.6) is 0 Å². The number of carbonyl (C=O) groups excluding carboxylic acids is 1. The van der Waals surface area contributed by atoms with Gasteiger partial charge < -0.3 is 10.4 Å². The van der Waals surface area contributed by atoms with E-state index in [4.69, 9.17) is 5.11 Å². The van der Waals surface area contributed by atoms with Gasteiger partial charge in [0.05, 0.1) is 5.56 Å². The number of nitrogens with zero attached hydrogens (tertiary/aromatic N) is 1. The van der Waals surface area contributed by atoms with Crippen molar-refractivity contribution in [2.24, 2.45) is 0 Å². The molecule has 104 valence electrons. The van der Waals surface area contributed by atoms with Crippen LogP contribution in [0.1, 0.15) is 35.8 Å². The lowest BCUT2D eigenvalue weighted by Crippen LogP contribution is -2.13. The number of carboxylic acid groups (broad SMARTS) is 1. The predicted molar refractivity (Wildman–Crippen MR) is 75.7 cm³/mol. The van der Waals surface area contributed by atoms with Gasteiger partial charge in [-0.3, -0.25) is 4.79 Å². The van der Waals surface area contributed by atoms with E-state index in [0.717, 1.165) is 42.2 Å². The molecule has 0 fully saturated rings. The van der Waals surface area contributed by atoms with E-state index in [1.54, 1.807) is 0 Å². The smallest absolute Gasteiger partial charge is 0.328 e. The van der Waals surface area contributed by atoms with Crippen molar-refractivity contribution in [1.29, 1.82) is 5.26 Å². The van der Waals surface area contributed by atoms with Crippen LogP contribution in [0.4, 0.5) is 5.00 Å². The molecule has 0 saturated heterocycles. The highest BCUT2D eigenvalue weighted by atomic mass is 32.1. The number of anilines is 1. The summed E-state index contributed by atoms with van der Waals surface area (Å²) in [7, 11) is 0. The maximum absolute atomic E-state index is 11.9. The molecule has 1 amide bonds. The Morgan fingerprint density at radius 2 is 2.10 bits per heavy atom. The second-order valence-electron chi connectivity index (χ2n) is 4.65. The van der Waals surface area contributed by atoms with Crippen molar-refractivity contribution in [3.8, 4) is 6.07 Å². The summed E-state index contributed by atoms with van der Waals surface area (Å²) >= 11 is 1.42. The lowest BCUT2D eigenvalue weighted by atomic mass is 9.96. The van der Waals surface area contributed by atoms with Crippen LogP contribution >= 0.6 is 11.3 Å². The zero-order valence-electron chi connectivity index (χ0n) is 11.0. The van der Waals surface area contributed by atoms with Crippen LogP contribution in [-0.2, 0) is 22.4 Å². The fourth-order valence-corrected chi connectivity index (χ4v) is 3.46. The first-order valence-corrected chi connectivity index (χ1v) is 7.11. The molecule has 1 aliphatic rings. The Bertz CT molecular complexity index is 638. The number of nitriles is 1. The highest BCUT2D eigenvalue weighted by Crippen LogP contribution is 2.37. The Balaban J connectivity index is 2.26. The normalized spacial score (nSPS) is 14.3. The molecule has 20 heavy (non-hydrogen) atoms. The zero-order valence-corrected chi connectivity index (χ0v) is 11.8. The van der Waals surface area contributed by atoms with Gasteiger partial charge in [-0.05, 0) is 38.2 Å². The van der Waals surface area contributed by atoms with Crippen LogP contribution in [0.15, 0.2) is 11.6 Å². The van der Waals surface area contributed by atoms with Gasteiger partial charge in [-0.25, -0.2) is 4.79 Å². The lowest BCUT2D eigenvalue weighted by molar-refractivity contribution is -0.131. The Morgan fingerprint density at radius 1 is 1.40 bits per heavy atom. The summed E-state index contributed by atoms with van der Waals surface area (Å²) in [6, 6.07) is 2.15. The quantitative estimate of drug-likeness (QED) is 0.837. The molecule has 0 aromatic carbocycles. The van der Waals surface area contributed by atoms with E-state index in [1.807, 2.05) is 0 Å². The lowest BCUT2D eigenvalue weighted by Gasteiger charge is -2.09. The predicted octanol–water partition coefficient (Wildman–Crippen LogP) is 2.47. The minimum Gasteiger partial charge on any atom is -0.478 e. The second-order valence-corrected chi connectivity index (χ2v) is 5.75. The van der Waals surface area contributed by atoms with Gasteiger partial charge in [-0.1, -0.05) is 0 Å². The largest absolute Gasteiger partial charge is 0.478 e. The molecule has 0 unspecified atom stereocenters. The van der Waals surface area contributed by atoms with E-state index in [9.17, 15) is 14.9 Å². The van der Waals surface area contributed by atoms with E-state index in [2.05, 4.69) is 11.4 Å². The van der Waals surface area contributed by atoms with Crippen molar-refractivity contribution in [3.63, 3.8) is 0 Å². The third-order valence-electron chi connectivity index (χ3n) is 3.21. The first kappa shape index (κ1) is 14.3. The van der Waals surface area contributed by atoms with Gasteiger partial charge in [0.25, 0.3) is 5.91 Å². The molecule has 0 atom stereocenters. The Morgan fingerprint density at radius 3 is 2.75 bits per heavy atom. The number of aryl methyl sites for hydroxylation is 1. The average molecular weight is 290 g/mol. The van der Waals surface area contributed by atoms with Crippen molar-refractivity contribution < 1.29 is 14.7 Å². The number of thiophene rings is 1. The molecule has 0 saturated carbocycles. The molecule has 1 heterocycles. The van der Waals surface area contributed by atoms with E-state index < -0.39 is 11.9 Å². The first-order chi connectivity index (χ1) is 9.52. The van der Waals surface area contributed by atoms with Crippen molar-refractivity contribution in [1.82, 2.24) is 0 Å². The van der Waals surface area contributed by atoms with Gasteiger partial charge in [0, 0.05) is 16.5 Å². The van der Waals surface area contributed by atoms with Gasteiger partial charge in [0.15, 0.2) is 0 Å². The number of carboxylic acids is 1. The number of aliphatic carboxylic acids is 1. The molecule has 5 nitrogen and oxygen atoms in total. The minimum absolute atomic E-state index is 0.104. The molecular weight excluding hydrogens is 276 g/mol. The van der Waals surface area contributed by atoms with Gasteiger partial charge >= 0.3 is 5.97 Å². The molecule has 0 aliphatic heterocycles. The first-order valence-electron chi connectivity index (χ1n) is 6.30. The van der Waals surface area contributed by atoms with E-state index in [0.29, 0.717) is 10.6 Å². The SMILES string of the molecule is C/C(=C/C(=O)O)C(=O)Nc1sc2c(c1C#N)CCCC2. The number of nitrogens with one attached hydrogen (secondary N) is 1. The van der Waals surface area contributed by atoms with Crippen molar-refractivity contribution in [2.45, 2.75) is 32.6 Å². The maximum atomic E-state index is 11.9. The average Bonchev–Trinajstić information content (AvgIpc) is 2.74. The van der Waals surface area contributed by atoms with Crippen LogP contribution in [0.25, 0.3) is 0 Å². The molecule has 0 radical (unpaired) electrons. The second kappa shape index (κ2) is 5.88. The van der Waals surface area contributed by atoms with Crippen molar-refractivity contribution >= 4 is 28.2 Å². The number of hydrogen-bond donors (Lipinski definition) is 2. The summed E-state index contributed by atoms with van der Waals surface area (Å²) in [5.41, 5.74) is 1.67. The molecule has 1 aliphatic carbocycles. The summed E-state index contributed by atoms with van der Waals surface area (Å²) < 4.78 is 0. The summed E-state index contributed by atoms with van der Waals surface area (Å²) in [5.74, 6) is -1.65. The van der Waals surface area contributed by atoms with Crippen LogP contribution in [0.2, 0.25) is 0 Å². The summed E-state index contributed by atoms with van der Waals surface area (Å²) in [5, 5.41) is 21.1. The highest BCUT2D eigenvalue weighted by molar-refractivity contribution is 7.16. The number of fused-ring (bicyclic) bond motifs is 1. The molecule has 0 spiro atoms. The summed E-state index contributed by atoms with van der Waals surface area (Å²) in [6.07, 6.45) is 4.82. The van der Waals surface area contributed by atoms with Crippen LogP contribution in [0.3, 0.4) is 0 Å².